The number of benzene rings is 1. The van der Waals surface area contributed by atoms with Crippen LogP contribution in [-0.4, -0.2) is 22.5 Å². The second-order valence-electron chi connectivity index (χ2n) is 6.90. The van der Waals surface area contributed by atoms with Crippen molar-refractivity contribution in [1.29, 1.82) is 0 Å². The van der Waals surface area contributed by atoms with Gasteiger partial charge in [0.1, 0.15) is 5.75 Å². The van der Waals surface area contributed by atoms with E-state index in [0.717, 1.165) is 23.3 Å². The van der Waals surface area contributed by atoms with E-state index in [4.69, 9.17) is 4.74 Å². The third kappa shape index (κ3) is 5.54. The Labute approximate surface area is 171 Å². The van der Waals surface area contributed by atoms with Gasteiger partial charge in [0.2, 0.25) is 5.88 Å². The van der Waals surface area contributed by atoms with E-state index in [1.54, 1.807) is 29.6 Å². The molecule has 0 unspecified atom stereocenters. The van der Waals surface area contributed by atoms with E-state index in [9.17, 15) is 4.79 Å². The van der Waals surface area contributed by atoms with Crippen LogP contribution in [0.5, 0.6) is 11.6 Å². The van der Waals surface area contributed by atoms with Crippen LogP contribution in [0.4, 0.5) is 10.5 Å². The highest BCUT2D eigenvalue weighted by Crippen LogP contribution is 2.26. The zero-order valence-electron chi connectivity index (χ0n) is 17.1. The first-order chi connectivity index (χ1) is 14.1. The van der Waals surface area contributed by atoms with Gasteiger partial charge in [-0.3, -0.25) is 9.88 Å². The van der Waals surface area contributed by atoms with Crippen molar-refractivity contribution in [2.24, 2.45) is 0 Å². The minimum absolute atomic E-state index is 0.166. The Hall–Kier alpha value is -3.41. The lowest BCUT2D eigenvalue weighted by Gasteiger charge is -2.23. The molecule has 0 aliphatic carbocycles. The molecule has 3 rings (SSSR count). The van der Waals surface area contributed by atoms with Crippen LogP contribution in [0.3, 0.4) is 0 Å². The molecule has 29 heavy (non-hydrogen) atoms. The fraction of sp³-hybridized carbons (Fsp3) is 0.261. The molecule has 6 heteroatoms. The minimum Gasteiger partial charge on any atom is -0.439 e. The summed E-state index contributed by atoms with van der Waals surface area (Å²) in [5, 5.41) is 2.93. The summed E-state index contributed by atoms with van der Waals surface area (Å²) >= 11 is 0. The van der Waals surface area contributed by atoms with Crippen molar-refractivity contribution in [3.8, 4) is 11.6 Å². The van der Waals surface area contributed by atoms with Crippen LogP contribution in [0.25, 0.3) is 0 Å². The Balaban J connectivity index is 1.79. The average Bonchev–Trinajstić information content (AvgIpc) is 2.74. The van der Waals surface area contributed by atoms with E-state index >= 15 is 0 Å². The molecule has 2 heterocycles. The van der Waals surface area contributed by atoms with E-state index in [1.807, 2.05) is 51.1 Å². The zero-order valence-corrected chi connectivity index (χ0v) is 17.1. The molecule has 2 aromatic heterocycles. The quantitative estimate of drug-likeness (QED) is 0.616. The Kier molecular flexibility index (Phi) is 6.79. The van der Waals surface area contributed by atoms with Crippen molar-refractivity contribution in [1.82, 2.24) is 15.3 Å². The van der Waals surface area contributed by atoms with Crippen LogP contribution in [0.2, 0.25) is 0 Å². The normalized spacial score (nSPS) is 10.4. The van der Waals surface area contributed by atoms with Gasteiger partial charge < -0.3 is 10.1 Å². The number of amides is 2. The Morgan fingerprint density at radius 3 is 2.66 bits per heavy atom. The smallest absolute Gasteiger partial charge is 0.322 e. The number of aryl methyl sites for hydroxylation is 2. The van der Waals surface area contributed by atoms with E-state index < -0.39 is 0 Å². The van der Waals surface area contributed by atoms with Gasteiger partial charge in [-0.25, -0.2) is 9.78 Å². The number of carbonyl (C=O) groups is 1. The molecule has 0 fully saturated rings. The number of carbonyl (C=O) groups excluding carboxylic acids is 1. The molecule has 0 saturated heterocycles. The predicted octanol–water partition coefficient (Wildman–Crippen LogP) is 5.01. The van der Waals surface area contributed by atoms with Crippen LogP contribution in [0.15, 0.2) is 61.1 Å². The summed E-state index contributed by atoms with van der Waals surface area (Å²) < 4.78 is 5.90. The standard InChI is InChI=1S/C23H26N4O2/c1-4-11-25-23(28)27(16-19-6-5-12-24-14-19)20-8-10-22(26-15-20)29-21-9-7-17(2)13-18(21)3/h5-10,12-15H,4,11,16H2,1-3H3,(H,25,28). The fourth-order valence-electron chi connectivity index (χ4n) is 2.90. The Morgan fingerprint density at radius 1 is 1.14 bits per heavy atom. The molecule has 150 valence electrons. The first-order valence-corrected chi connectivity index (χ1v) is 9.72. The Morgan fingerprint density at radius 2 is 2.00 bits per heavy atom. The highest BCUT2D eigenvalue weighted by Gasteiger charge is 2.17. The summed E-state index contributed by atoms with van der Waals surface area (Å²) in [6.45, 7) is 7.09. The van der Waals surface area contributed by atoms with Crippen LogP contribution in [0, 0.1) is 13.8 Å². The lowest BCUT2D eigenvalue weighted by Crippen LogP contribution is -2.40. The molecule has 2 amide bonds. The lowest BCUT2D eigenvalue weighted by molar-refractivity contribution is 0.246. The number of nitrogens with zero attached hydrogens (tertiary/aromatic N) is 3. The predicted molar refractivity (Wildman–Crippen MR) is 114 cm³/mol. The number of nitrogens with one attached hydrogen (secondary N) is 1. The van der Waals surface area contributed by atoms with Crippen molar-refractivity contribution in [2.75, 3.05) is 11.4 Å². The topological polar surface area (TPSA) is 67.4 Å². The number of hydrogen-bond acceptors (Lipinski definition) is 4. The van der Waals surface area contributed by atoms with Gasteiger partial charge in [-0.15, -0.1) is 0 Å². The van der Waals surface area contributed by atoms with Gasteiger partial charge in [0.05, 0.1) is 18.4 Å². The van der Waals surface area contributed by atoms with Gasteiger partial charge in [0.25, 0.3) is 0 Å². The van der Waals surface area contributed by atoms with Crippen LogP contribution in [-0.2, 0) is 6.54 Å². The minimum atomic E-state index is -0.166. The average molecular weight is 390 g/mol. The first kappa shape index (κ1) is 20.3. The van der Waals surface area contributed by atoms with Crippen molar-refractivity contribution in [2.45, 2.75) is 33.7 Å². The van der Waals surface area contributed by atoms with E-state index in [0.29, 0.717) is 24.7 Å². The van der Waals surface area contributed by atoms with Gasteiger partial charge in [-0.05, 0) is 49.6 Å². The summed E-state index contributed by atoms with van der Waals surface area (Å²) in [5.41, 5.74) is 3.86. The molecule has 1 aromatic carbocycles. The molecular weight excluding hydrogens is 364 g/mol. The van der Waals surface area contributed by atoms with Gasteiger partial charge in [0, 0.05) is 25.0 Å². The lowest BCUT2D eigenvalue weighted by atomic mass is 10.1. The van der Waals surface area contributed by atoms with Crippen LogP contribution in [0.1, 0.15) is 30.0 Å². The number of urea groups is 1. The fourth-order valence-corrected chi connectivity index (χ4v) is 2.90. The van der Waals surface area contributed by atoms with Crippen molar-refractivity contribution in [3.63, 3.8) is 0 Å². The van der Waals surface area contributed by atoms with Crippen LogP contribution >= 0.6 is 0 Å². The summed E-state index contributed by atoms with van der Waals surface area (Å²) in [6.07, 6.45) is 5.99. The first-order valence-electron chi connectivity index (χ1n) is 9.72. The molecule has 0 radical (unpaired) electrons. The number of pyridine rings is 2. The summed E-state index contributed by atoms with van der Waals surface area (Å²) in [7, 11) is 0. The summed E-state index contributed by atoms with van der Waals surface area (Å²) in [6, 6.07) is 13.3. The maximum Gasteiger partial charge on any atom is 0.322 e. The summed E-state index contributed by atoms with van der Waals surface area (Å²) in [4.78, 5) is 22.9. The zero-order chi connectivity index (χ0) is 20.6. The molecule has 0 bridgehead atoms. The van der Waals surface area contributed by atoms with E-state index in [-0.39, 0.29) is 6.03 Å². The van der Waals surface area contributed by atoms with Crippen molar-refractivity contribution < 1.29 is 9.53 Å². The third-order valence-electron chi connectivity index (χ3n) is 4.41. The van der Waals surface area contributed by atoms with Gasteiger partial charge in [-0.1, -0.05) is 30.7 Å². The maximum atomic E-state index is 12.7. The monoisotopic (exact) mass is 390 g/mol. The highest BCUT2D eigenvalue weighted by molar-refractivity contribution is 5.91. The number of aromatic nitrogens is 2. The highest BCUT2D eigenvalue weighted by atomic mass is 16.5. The number of anilines is 1. The van der Waals surface area contributed by atoms with Gasteiger partial charge in [0.15, 0.2) is 0 Å². The molecule has 1 N–H and O–H groups in total. The molecule has 0 spiro atoms. The van der Waals surface area contributed by atoms with E-state index in [2.05, 4.69) is 21.4 Å². The second kappa shape index (κ2) is 9.68. The van der Waals surface area contributed by atoms with Gasteiger partial charge in [-0.2, -0.15) is 0 Å². The summed E-state index contributed by atoms with van der Waals surface area (Å²) in [5.74, 6) is 1.25. The second-order valence-corrected chi connectivity index (χ2v) is 6.90. The molecule has 3 aromatic rings. The molecule has 0 aliphatic rings. The maximum absolute atomic E-state index is 12.7. The largest absolute Gasteiger partial charge is 0.439 e. The van der Waals surface area contributed by atoms with E-state index in [1.165, 1.54) is 5.56 Å². The van der Waals surface area contributed by atoms with Crippen molar-refractivity contribution in [3.05, 3.63) is 77.7 Å². The SMILES string of the molecule is CCCNC(=O)N(Cc1cccnc1)c1ccc(Oc2ccc(C)cc2C)nc1. The molecule has 0 aliphatic heterocycles. The molecule has 0 atom stereocenters. The molecule has 6 nitrogen and oxygen atoms in total. The van der Waals surface area contributed by atoms with Gasteiger partial charge >= 0.3 is 6.03 Å². The van der Waals surface area contributed by atoms with Crippen LogP contribution < -0.4 is 15.0 Å². The number of ether oxygens (including phenoxy) is 1. The molecule has 0 saturated carbocycles. The third-order valence-corrected chi connectivity index (χ3v) is 4.41. The Bertz CT molecular complexity index is 943. The number of rotatable bonds is 7. The molecular formula is C23H26N4O2. The van der Waals surface area contributed by atoms with Crippen molar-refractivity contribution >= 4 is 11.7 Å². The number of hydrogen-bond donors (Lipinski definition) is 1.